The molecule has 0 aromatic rings. The lowest BCUT2D eigenvalue weighted by molar-refractivity contribution is -0.136. The van der Waals surface area contributed by atoms with E-state index < -0.39 is 11.9 Å². The van der Waals surface area contributed by atoms with E-state index in [0.29, 0.717) is 0 Å². The van der Waals surface area contributed by atoms with Crippen LogP contribution in [0.5, 0.6) is 0 Å². The monoisotopic (exact) mass is 159 g/mol. The van der Waals surface area contributed by atoms with E-state index in [-0.39, 0.29) is 5.57 Å². The highest BCUT2D eigenvalue weighted by molar-refractivity contribution is 5.97. The van der Waals surface area contributed by atoms with Crippen molar-refractivity contribution in [3.8, 4) is 0 Å². The van der Waals surface area contributed by atoms with Crippen LogP contribution in [0.2, 0.25) is 0 Å². The smallest absolute Gasteiger partial charge is 0.333 e. The van der Waals surface area contributed by atoms with E-state index in [9.17, 15) is 9.59 Å². The van der Waals surface area contributed by atoms with Crippen molar-refractivity contribution < 1.29 is 19.5 Å². The normalized spacial score (nSPS) is 10.6. The molecule has 0 fully saturated rings. The van der Waals surface area contributed by atoms with E-state index in [1.807, 2.05) is 0 Å². The Bertz CT molecular complexity index is 197. The molecule has 11 heavy (non-hydrogen) atoms. The van der Waals surface area contributed by atoms with Crippen LogP contribution in [0.25, 0.3) is 0 Å². The summed E-state index contributed by atoms with van der Waals surface area (Å²) < 4.78 is 4.29. The maximum absolute atomic E-state index is 10.6. The van der Waals surface area contributed by atoms with Crippen molar-refractivity contribution in [2.24, 2.45) is 0 Å². The fourth-order valence-corrected chi connectivity index (χ4v) is 0.449. The molecule has 0 atom stereocenters. The zero-order chi connectivity index (χ0) is 8.85. The minimum absolute atomic E-state index is 0.124. The predicted octanol–water partition coefficient (Wildman–Crippen LogP) is -0.389. The van der Waals surface area contributed by atoms with Gasteiger partial charge in [0.15, 0.2) is 0 Å². The van der Waals surface area contributed by atoms with Gasteiger partial charge in [0, 0.05) is 11.6 Å². The molecule has 5 nitrogen and oxygen atoms in total. The van der Waals surface area contributed by atoms with E-state index >= 15 is 0 Å². The van der Waals surface area contributed by atoms with E-state index in [4.69, 9.17) is 5.21 Å². The Balaban J connectivity index is 4.21. The van der Waals surface area contributed by atoms with Crippen molar-refractivity contribution in [2.75, 3.05) is 7.11 Å². The summed E-state index contributed by atoms with van der Waals surface area (Å²) in [6.07, 6.45) is 0.936. The fraction of sp³-hybridized carbons (Fsp3) is 0.333. The number of rotatable bonds is 2. The van der Waals surface area contributed by atoms with Crippen molar-refractivity contribution in [1.29, 1.82) is 0 Å². The summed E-state index contributed by atoms with van der Waals surface area (Å²) in [6.45, 7) is 1.40. The molecule has 0 aliphatic rings. The summed E-state index contributed by atoms with van der Waals surface area (Å²) >= 11 is 0. The van der Waals surface area contributed by atoms with Gasteiger partial charge in [-0.05, 0) is 6.92 Å². The first-order valence-corrected chi connectivity index (χ1v) is 2.82. The highest BCUT2D eigenvalue weighted by Gasteiger charge is 2.04. The molecule has 0 saturated carbocycles. The van der Waals surface area contributed by atoms with Gasteiger partial charge >= 0.3 is 5.97 Å². The van der Waals surface area contributed by atoms with Gasteiger partial charge in [0.2, 0.25) is 0 Å². The molecule has 62 valence electrons. The van der Waals surface area contributed by atoms with Crippen LogP contribution in [-0.4, -0.2) is 24.2 Å². The molecule has 0 saturated heterocycles. The van der Waals surface area contributed by atoms with Gasteiger partial charge in [-0.25, -0.2) is 10.3 Å². The van der Waals surface area contributed by atoms with Gasteiger partial charge < -0.3 is 4.74 Å². The third kappa shape index (κ3) is 3.36. The number of hydrogen-bond acceptors (Lipinski definition) is 4. The number of amides is 1. The van der Waals surface area contributed by atoms with Crippen LogP contribution >= 0.6 is 0 Å². The second-order valence-corrected chi connectivity index (χ2v) is 1.79. The molecule has 2 N–H and O–H groups in total. The summed E-state index contributed by atoms with van der Waals surface area (Å²) in [5, 5.41) is 8.04. The number of esters is 1. The average molecular weight is 159 g/mol. The summed E-state index contributed by atoms with van der Waals surface area (Å²) in [5.74, 6) is -1.36. The van der Waals surface area contributed by atoms with E-state index in [1.165, 1.54) is 19.5 Å². The van der Waals surface area contributed by atoms with Crippen LogP contribution in [0.3, 0.4) is 0 Å². The zero-order valence-electron chi connectivity index (χ0n) is 6.25. The Hall–Kier alpha value is -1.36. The molecule has 0 rings (SSSR count). The van der Waals surface area contributed by atoms with E-state index in [0.717, 1.165) is 6.08 Å². The summed E-state index contributed by atoms with van der Waals surface area (Å²) in [6, 6.07) is 0. The maximum Gasteiger partial charge on any atom is 0.333 e. The van der Waals surface area contributed by atoms with Gasteiger partial charge in [-0.1, -0.05) is 0 Å². The lowest BCUT2D eigenvalue weighted by Gasteiger charge is -1.96. The van der Waals surface area contributed by atoms with Crippen LogP contribution in [0.4, 0.5) is 0 Å². The maximum atomic E-state index is 10.6. The third-order valence-electron chi connectivity index (χ3n) is 0.965. The molecular weight excluding hydrogens is 150 g/mol. The van der Waals surface area contributed by atoms with Crippen molar-refractivity contribution in [3.63, 3.8) is 0 Å². The molecule has 0 spiro atoms. The van der Waals surface area contributed by atoms with Crippen LogP contribution in [0.15, 0.2) is 11.6 Å². The molecule has 0 aliphatic heterocycles. The summed E-state index contributed by atoms with van der Waals surface area (Å²) in [4.78, 5) is 21.0. The third-order valence-corrected chi connectivity index (χ3v) is 0.965. The van der Waals surface area contributed by atoms with Crippen molar-refractivity contribution in [3.05, 3.63) is 11.6 Å². The van der Waals surface area contributed by atoms with Crippen LogP contribution in [-0.2, 0) is 14.3 Å². The number of carbonyl (C=O) groups excluding carboxylic acids is 2. The molecule has 0 aromatic heterocycles. The second-order valence-electron chi connectivity index (χ2n) is 1.79. The topological polar surface area (TPSA) is 75.6 Å². The Kier molecular flexibility index (Phi) is 3.90. The van der Waals surface area contributed by atoms with Crippen LogP contribution in [0, 0.1) is 0 Å². The summed E-state index contributed by atoms with van der Waals surface area (Å²) in [7, 11) is 1.20. The van der Waals surface area contributed by atoms with E-state index in [2.05, 4.69) is 4.74 Å². The van der Waals surface area contributed by atoms with Crippen molar-refractivity contribution >= 4 is 11.9 Å². The Morgan fingerprint density at radius 2 is 2.09 bits per heavy atom. The molecule has 0 heterocycles. The standard InChI is InChI=1S/C6H9NO4/c1-4(6(9)11-2)3-5(8)7-10/h3,10H,1-2H3,(H,7,8)/b4-3+. The largest absolute Gasteiger partial charge is 0.466 e. The highest BCUT2D eigenvalue weighted by atomic mass is 16.5. The van der Waals surface area contributed by atoms with Gasteiger partial charge in [-0.15, -0.1) is 0 Å². The molecule has 0 bridgehead atoms. The number of hydroxylamine groups is 1. The number of methoxy groups -OCH3 is 1. The van der Waals surface area contributed by atoms with Gasteiger partial charge in [-0.3, -0.25) is 10.0 Å². The van der Waals surface area contributed by atoms with Gasteiger partial charge in [0.25, 0.3) is 5.91 Å². The Morgan fingerprint density at radius 3 is 2.45 bits per heavy atom. The Morgan fingerprint density at radius 1 is 1.55 bits per heavy atom. The quantitative estimate of drug-likeness (QED) is 0.249. The van der Waals surface area contributed by atoms with Crippen LogP contribution in [0.1, 0.15) is 6.92 Å². The van der Waals surface area contributed by atoms with Gasteiger partial charge in [0.1, 0.15) is 0 Å². The number of nitrogens with one attached hydrogen (secondary N) is 1. The molecular formula is C6H9NO4. The minimum atomic E-state index is -0.757. The van der Waals surface area contributed by atoms with Crippen LogP contribution < -0.4 is 5.48 Å². The van der Waals surface area contributed by atoms with Gasteiger partial charge in [0.05, 0.1) is 7.11 Å². The fourth-order valence-electron chi connectivity index (χ4n) is 0.449. The molecule has 0 radical (unpaired) electrons. The lowest BCUT2D eigenvalue weighted by Crippen LogP contribution is -2.17. The van der Waals surface area contributed by atoms with Crippen molar-refractivity contribution in [2.45, 2.75) is 6.92 Å². The number of carbonyl (C=O) groups is 2. The predicted molar refractivity (Wildman–Crippen MR) is 35.7 cm³/mol. The first-order valence-electron chi connectivity index (χ1n) is 2.82. The minimum Gasteiger partial charge on any atom is -0.466 e. The number of hydrogen-bond donors (Lipinski definition) is 2. The highest BCUT2D eigenvalue weighted by Crippen LogP contribution is 1.93. The zero-order valence-corrected chi connectivity index (χ0v) is 6.25. The SMILES string of the molecule is COC(=O)/C(C)=C/C(=O)NO. The molecule has 5 heteroatoms. The molecule has 0 aromatic carbocycles. The second kappa shape index (κ2) is 4.45. The Labute approximate surface area is 63.6 Å². The first kappa shape index (κ1) is 9.64. The molecule has 0 unspecified atom stereocenters. The molecule has 0 aliphatic carbocycles. The van der Waals surface area contributed by atoms with Crippen molar-refractivity contribution in [1.82, 2.24) is 5.48 Å². The summed E-state index contributed by atoms with van der Waals surface area (Å²) in [5.41, 5.74) is 1.48. The lowest BCUT2D eigenvalue weighted by atomic mass is 10.3. The molecule has 1 amide bonds. The first-order chi connectivity index (χ1) is 5.11. The van der Waals surface area contributed by atoms with Gasteiger partial charge in [-0.2, -0.15) is 0 Å². The number of ether oxygens (including phenoxy) is 1. The average Bonchev–Trinajstić information content (AvgIpc) is 2.02. The van der Waals surface area contributed by atoms with E-state index in [1.54, 1.807) is 0 Å².